The maximum absolute atomic E-state index is 13.0. The van der Waals surface area contributed by atoms with E-state index < -0.39 is 0 Å². The van der Waals surface area contributed by atoms with Crippen molar-refractivity contribution in [2.75, 3.05) is 43.6 Å². The largest absolute Gasteiger partial charge is 0.378 e. The van der Waals surface area contributed by atoms with Gasteiger partial charge in [0.15, 0.2) is 0 Å². The number of pyridine rings is 2. The van der Waals surface area contributed by atoms with Crippen molar-refractivity contribution < 1.29 is 9.53 Å². The monoisotopic (exact) mass is 403 g/mol. The number of carbonyl (C=O) groups excluding carboxylic acids is 1. The number of aromatic nitrogens is 2. The summed E-state index contributed by atoms with van der Waals surface area (Å²) in [6.45, 7) is 3.06. The van der Waals surface area contributed by atoms with Crippen LogP contribution in [0.5, 0.6) is 0 Å². The maximum atomic E-state index is 13.0. The van der Waals surface area contributed by atoms with E-state index in [1.807, 2.05) is 60.7 Å². The molecule has 0 spiro atoms. The van der Waals surface area contributed by atoms with Gasteiger partial charge in [0.2, 0.25) is 0 Å². The fourth-order valence-electron chi connectivity index (χ4n) is 3.53. The van der Waals surface area contributed by atoms with Crippen molar-refractivity contribution in [3.05, 3.63) is 84.3 Å². The first-order valence-corrected chi connectivity index (χ1v) is 10.0. The number of nitrogens with one attached hydrogen (secondary N) is 1. The maximum Gasteiger partial charge on any atom is 0.322 e. The number of hydrogen-bond donors (Lipinski definition) is 1. The quantitative estimate of drug-likeness (QED) is 0.705. The zero-order valence-electron chi connectivity index (χ0n) is 16.9. The van der Waals surface area contributed by atoms with Gasteiger partial charge >= 0.3 is 6.03 Å². The summed E-state index contributed by atoms with van der Waals surface area (Å²) in [6, 6.07) is 18.9. The van der Waals surface area contributed by atoms with Crippen molar-refractivity contribution in [1.82, 2.24) is 14.9 Å². The lowest BCUT2D eigenvalue weighted by molar-refractivity contribution is 0.122. The summed E-state index contributed by atoms with van der Waals surface area (Å²) in [5.74, 6) is 0.889. The number of nitrogens with zero attached hydrogens (tertiary/aromatic N) is 4. The van der Waals surface area contributed by atoms with E-state index in [0.717, 1.165) is 30.2 Å². The fraction of sp³-hybridized carbons (Fsp3) is 0.261. The van der Waals surface area contributed by atoms with Gasteiger partial charge in [0.1, 0.15) is 11.9 Å². The summed E-state index contributed by atoms with van der Waals surface area (Å²) in [4.78, 5) is 25.8. The highest BCUT2D eigenvalue weighted by molar-refractivity contribution is 5.89. The third-order valence-corrected chi connectivity index (χ3v) is 5.13. The van der Waals surface area contributed by atoms with Gasteiger partial charge in [-0.3, -0.25) is 4.98 Å². The van der Waals surface area contributed by atoms with Gasteiger partial charge in [-0.2, -0.15) is 0 Å². The van der Waals surface area contributed by atoms with E-state index in [9.17, 15) is 4.79 Å². The SMILES string of the molecule is CN(C(=O)Nc1ccc(N2CCOCC2)nc1)C(c1ccccc1)c1ccccn1. The van der Waals surface area contributed by atoms with Crippen LogP contribution in [0.4, 0.5) is 16.3 Å². The molecular formula is C23H25N5O2. The predicted octanol–water partition coefficient (Wildman–Crippen LogP) is 3.57. The number of hydrogen-bond acceptors (Lipinski definition) is 5. The topological polar surface area (TPSA) is 70.6 Å². The number of carbonyl (C=O) groups is 1. The number of rotatable bonds is 5. The summed E-state index contributed by atoms with van der Waals surface area (Å²) in [5, 5.41) is 2.95. The number of amides is 2. The molecule has 0 aliphatic carbocycles. The minimum atomic E-state index is -0.298. The molecule has 154 valence electrons. The summed E-state index contributed by atoms with van der Waals surface area (Å²) in [5.41, 5.74) is 2.45. The molecule has 1 saturated heterocycles. The van der Waals surface area contributed by atoms with Crippen LogP contribution in [0, 0.1) is 0 Å². The van der Waals surface area contributed by atoms with Crippen LogP contribution in [-0.2, 0) is 4.74 Å². The highest BCUT2D eigenvalue weighted by Crippen LogP contribution is 2.26. The molecule has 2 amide bonds. The standard InChI is InChI=1S/C23H25N5O2/c1-27(22(18-7-3-2-4-8-18)20-9-5-6-12-24-20)23(29)26-19-10-11-21(25-17-19)28-13-15-30-16-14-28/h2-12,17,22H,13-16H2,1H3,(H,26,29). The average Bonchev–Trinajstić information content (AvgIpc) is 2.82. The normalized spacial score (nSPS) is 14.8. The zero-order valence-corrected chi connectivity index (χ0v) is 16.9. The highest BCUT2D eigenvalue weighted by atomic mass is 16.5. The molecule has 1 aliphatic heterocycles. The van der Waals surface area contributed by atoms with E-state index in [-0.39, 0.29) is 12.1 Å². The second kappa shape index (κ2) is 9.37. The van der Waals surface area contributed by atoms with Crippen molar-refractivity contribution >= 4 is 17.5 Å². The van der Waals surface area contributed by atoms with E-state index in [4.69, 9.17) is 4.74 Å². The van der Waals surface area contributed by atoms with Crippen LogP contribution in [-0.4, -0.2) is 54.2 Å². The van der Waals surface area contributed by atoms with Crippen LogP contribution in [0.25, 0.3) is 0 Å². The molecule has 1 aliphatic rings. The van der Waals surface area contributed by atoms with Crippen LogP contribution in [0.15, 0.2) is 73.1 Å². The Labute approximate surface area is 176 Å². The van der Waals surface area contributed by atoms with E-state index in [1.165, 1.54) is 0 Å². The molecule has 0 saturated carbocycles. The van der Waals surface area contributed by atoms with Gasteiger partial charge in [-0.15, -0.1) is 0 Å². The van der Waals surface area contributed by atoms with Gasteiger partial charge in [-0.25, -0.2) is 9.78 Å². The third-order valence-electron chi connectivity index (χ3n) is 5.13. The molecule has 0 radical (unpaired) electrons. The molecule has 3 aromatic rings. The minimum absolute atomic E-state index is 0.226. The third kappa shape index (κ3) is 4.58. The van der Waals surface area contributed by atoms with E-state index >= 15 is 0 Å². The van der Waals surface area contributed by atoms with Gasteiger partial charge in [0.25, 0.3) is 0 Å². The zero-order chi connectivity index (χ0) is 20.8. The fourth-order valence-corrected chi connectivity index (χ4v) is 3.53. The molecule has 30 heavy (non-hydrogen) atoms. The molecule has 2 aromatic heterocycles. The van der Waals surface area contributed by atoms with Crippen molar-refractivity contribution in [1.29, 1.82) is 0 Å². The molecular weight excluding hydrogens is 378 g/mol. The Balaban J connectivity index is 1.49. The number of anilines is 2. The van der Waals surface area contributed by atoms with Gasteiger partial charge in [-0.1, -0.05) is 36.4 Å². The first kappa shape index (κ1) is 19.8. The van der Waals surface area contributed by atoms with E-state index in [1.54, 1.807) is 24.3 Å². The van der Waals surface area contributed by atoms with E-state index in [0.29, 0.717) is 18.9 Å². The van der Waals surface area contributed by atoms with Crippen LogP contribution in [0.2, 0.25) is 0 Å². The number of ether oxygens (including phenoxy) is 1. The summed E-state index contributed by atoms with van der Waals surface area (Å²) in [6.07, 6.45) is 3.43. The van der Waals surface area contributed by atoms with Crippen LogP contribution < -0.4 is 10.2 Å². The molecule has 7 heteroatoms. The Kier molecular flexibility index (Phi) is 6.20. The van der Waals surface area contributed by atoms with Crippen molar-refractivity contribution in [2.45, 2.75) is 6.04 Å². The lowest BCUT2D eigenvalue weighted by atomic mass is 10.0. The average molecular weight is 403 g/mol. The van der Waals surface area contributed by atoms with Crippen LogP contribution in [0.1, 0.15) is 17.3 Å². The second-order valence-corrected chi connectivity index (χ2v) is 7.11. The molecule has 0 bridgehead atoms. The minimum Gasteiger partial charge on any atom is -0.378 e. The number of benzene rings is 1. The van der Waals surface area contributed by atoms with Gasteiger partial charge in [-0.05, 0) is 29.8 Å². The Morgan fingerprint density at radius 3 is 2.47 bits per heavy atom. The van der Waals surface area contributed by atoms with Gasteiger partial charge < -0.3 is 19.9 Å². The Morgan fingerprint density at radius 1 is 1.03 bits per heavy atom. The second-order valence-electron chi connectivity index (χ2n) is 7.11. The van der Waals surface area contributed by atoms with Gasteiger partial charge in [0.05, 0.1) is 30.8 Å². The lowest BCUT2D eigenvalue weighted by Crippen LogP contribution is -2.37. The first-order valence-electron chi connectivity index (χ1n) is 10.0. The Morgan fingerprint density at radius 2 is 1.80 bits per heavy atom. The molecule has 1 aromatic carbocycles. The van der Waals surface area contributed by atoms with Crippen LogP contribution in [0.3, 0.4) is 0 Å². The molecule has 3 heterocycles. The molecule has 1 fully saturated rings. The molecule has 4 rings (SSSR count). The van der Waals surface area contributed by atoms with Crippen molar-refractivity contribution in [3.63, 3.8) is 0 Å². The lowest BCUT2D eigenvalue weighted by Gasteiger charge is -2.29. The van der Waals surface area contributed by atoms with Crippen LogP contribution >= 0.6 is 0 Å². The van der Waals surface area contributed by atoms with Crippen molar-refractivity contribution in [3.8, 4) is 0 Å². The van der Waals surface area contributed by atoms with Crippen molar-refractivity contribution in [2.24, 2.45) is 0 Å². The van der Waals surface area contributed by atoms with E-state index in [2.05, 4.69) is 20.2 Å². The van der Waals surface area contributed by atoms with Gasteiger partial charge in [0, 0.05) is 26.3 Å². The molecule has 1 N–H and O–H groups in total. The Hall–Kier alpha value is -3.45. The summed E-state index contributed by atoms with van der Waals surface area (Å²) < 4.78 is 5.38. The predicted molar refractivity (Wildman–Crippen MR) is 117 cm³/mol. The molecule has 1 unspecified atom stereocenters. The smallest absolute Gasteiger partial charge is 0.322 e. The Bertz CT molecular complexity index is 905. The molecule has 7 nitrogen and oxygen atoms in total. The summed E-state index contributed by atoms with van der Waals surface area (Å²) in [7, 11) is 1.78. The number of urea groups is 1. The summed E-state index contributed by atoms with van der Waals surface area (Å²) >= 11 is 0. The first-order chi connectivity index (χ1) is 14.7. The number of morpholine rings is 1. The molecule has 1 atom stereocenters. The highest BCUT2D eigenvalue weighted by Gasteiger charge is 2.24.